The molecule has 3 N–H and O–H groups in total. The van der Waals surface area contributed by atoms with Gasteiger partial charge < -0.3 is 15.7 Å². The molecule has 0 radical (unpaired) electrons. The third kappa shape index (κ3) is 10.8. The highest BCUT2D eigenvalue weighted by atomic mass is 19.4. The van der Waals surface area contributed by atoms with Crippen molar-refractivity contribution in [2.75, 3.05) is 6.54 Å². The molecule has 8 heteroatoms. The zero-order valence-corrected chi connectivity index (χ0v) is 9.30. The van der Waals surface area contributed by atoms with Crippen molar-refractivity contribution in [3.8, 4) is 0 Å². The molecular weight excluding hydrogens is 241 g/mol. The minimum absolute atomic E-state index is 0.0988. The van der Waals surface area contributed by atoms with E-state index in [0.29, 0.717) is 0 Å². The molecule has 0 fully saturated rings. The Hall–Kier alpha value is -1.47. The van der Waals surface area contributed by atoms with Crippen LogP contribution in [0.4, 0.5) is 18.0 Å². The van der Waals surface area contributed by atoms with Crippen LogP contribution in [0.1, 0.15) is 26.2 Å². The Morgan fingerprint density at radius 2 is 1.94 bits per heavy atom. The van der Waals surface area contributed by atoms with Gasteiger partial charge >= 0.3 is 18.2 Å². The van der Waals surface area contributed by atoms with E-state index in [-0.39, 0.29) is 19.4 Å². The fourth-order valence-corrected chi connectivity index (χ4v) is 1.11. The number of nitrogens with one attached hydrogen (secondary N) is 2. The van der Waals surface area contributed by atoms with Crippen LogP contribution in [0, 0.1) is 0 Å². The van der Waals surface area contributed by atoms with Gasteiger partial charge in [-0.05, 0) is 13.3 Å². The first-order valence-electron chi connectivity index (χ1n) is 5.03. The highest BCUT2D eigenvalue weighted by Crippen LogP contribution is 2.21. The molecule has 5 nitrogen and oxygen atoms in total. The Kier molecular flexibility index (Phi) is 6.37. The summed E-state index contributed by atoms with van der Waals surface area (Å²) in [6.07, 6.45) is -5.29. The summed E-state index contributed by atoms with van der Waals surface area (Å²) in [7, 11) is 0. The summed E-state index contributed by atoms with van der Waals surface area (Å²) < 4.78 is 35.7. The standard InChI is InChI=1S/C9H15F3N2O3/c1-6(5-9(10,11)12)14-8(17)13-4-2-3-7(15)16/h6H,2-5H2,1H3,(H,15,16)(H2,13,14,17). The summed E-state index contributed by atoms with van der Waals surface area (Å²) >= 11 is 0. The zero-order chi connectivity index (χ0) is 13.5. The average Bonchev–Trinajstić information content (AvgIpc) is 2.08. The van der Waals surface area contributed by atoms with Gasteiger partial charge in [-0.3, -0.25) is 4.79 Å². The molecule has 0 saturated heterocycles. The van der Waals surface area contributed by atoms with Crippen LogP contribution in [0.3, 0.4) is 0 Å². The maximum Gasteiger partial charge on any atom is 0.391 e. The molecule has 0 aromatic carbocycles. The third-order valence-electron chi connectivity index (χ3n) is 1.77. The summed E-state index contributed by atoms with van der Waals surface area (Å²) in [5.41, 5.74) is 0. The fraction of sp³-hybridized carbons (Fsp3) is 0.778. The second-order valence-corrected chi connectivity index (χ2v) is 3.62. The lowest BCUT2D eigenvalue weighted by Gasteiger charge is -2.16. The van der Waals surface area contributed by atoms with E-state index in [1.807, 2.05) is 0 Å². The third-order valence-corrected chi connectivity index (χ3v) is 1.77. The monoisotopic (exact) mass is 256 g/mol. The van der Waals surface area contributed by atoms with E-state index < -0.39 is 30.6 Å². The minimum atomic E-state index is -4.32. The summed E-state index contributed by atoms with van der Waals surface area (Å²) in [5.74, 6) is -0.988. The Morgan fingerprint density at radius 1 is 1.35 bits per heavy atom. The van der Waals surface area contributed by atoms with Crippen molar-refractivity contribution < 1.29 is 27.9 Å². The molecule has 0 aliphatic heterocycles. The van der Waals surface area contributed by atoms with Crippen molar-refractivity contribution in [1.29, 1.82) is 0 Å². The largest absolute Gasteiger partial charge is 0.481 e. The van der Waals surface area contributed by atoms with Crippen LogP contribution in [0.2, 0.25) is 0 Å². The lowest BCUT2D eigenvalue weighted by Crippen LogP contribution is -2.42. The smallest absolute Gasteiger partial charge is 0.391 e. The number of carboxylic acids is 1. The van der Waals surface area contributed by atoms with E-state index in [1.165, 1.54) is 6.92 Å². The molecule has 0 spiro atoms. The molecule has 0 aliphatic carbocycles. The lowest BCUT2D eigenvalue weighted by atomic mass is 10.2. The number of urea groups is 1. The molecule has 0 aromatic rings. The van der Waals surface area contributed by atoms with Crippen molar-refractivity contribution >= 4 is 12.0 Å². The number of carbonyl (C=O) groups is 2. The summed E-state index contributed by atoms with van der Waals surface area (Å²) in [4.78, 5) is 21.2. The quantitative estimate of drug-likeness (QED) is 0.630. The van der Waals surface area contributed by atoms with Crippen LogP contribution in [0.5, 0.6) is 0 Å². The molecule has 100 valence electrons. The second-order valence-electron chi connectivity index (χ2n) is 3.62. The molecular formula is C9H15F3N2O3. The number of alkyl halides is 3. The minimum Gasteiger partial charge on any atom is -0.481 e. The van der Waals surface area contributed by atoms with E-state index in [4.69, 9.17) is 5.11 Å². The number of rotatable bonds is 6. The van der Waals surface area contributed by atoms with Gasteiger partial charge in [0, 0.05) is 19.0 Å². The predicted octanol–water partition coefficient (Wildman–Crippen LogP) is 1.49. The number of halogens is 3. The van der Waals surface area contributed by atoms with E-state index in [1.54, 1.807) is 0 Å². The number of hydrogen-bond acceptors (Lipinski definition) is 2. The highest BCUT2D eigenvalue weighted by molar-refractivity contribution is 5.74. The molecule has 0 saturated carbocycles. The number of hydrogen-bond donors (Lipinski definition) is 3. The van der Waals surface area contributed by atoms with Gasteiger partial charge in [-0.25, -0.2) is 4.79 Å². The summed E-state index contributed by atoms with van der Waals surface area (Å²) in [5, 5.41) is 12.7. The normalized spacial score (nSPS) is 12.9. The van der Waals surface area contributed by atoms with Gasteiger partial charge in [0.2, 0.25) is 0 Å². The van der Waals surface area contributed by atoms with Crippen LogP contribution in [0.25, 0.3) is 0 Å². The molecule has 0 aliphatic rings. The maximum absolute atomic E-state index is 11.9. The van der Waals surface area contributed by atoms with Crippen molar-refractivity contribution in [3.63, 3.8) is 0 Å². The van der Waals surface area contributed by atoms with Gasteiger partial charge in [-0.15, -0.1) is 0 Å². The average molecular weight is 256 g/mol. The number of carboxylic acid groups (broad SMARTS) is 1. The first kappa shape index (κ1) is 15.5. The van der Waals surface area contributed by atoms with Crippen LogP contribution in [-0.4, -0.2) is 35.9 Å². The van der Waals surface area contributed by atoms with Gasteiger partial charge in [0.1, 0.15) is 0 Å². The SMILES string of the molecule is CC(CC(F)(F)F)NC(=O)NCCCC(=O)O. The molecule has 0 aromatic heterocycles. The lowest BCUT2D eigenvalue weighted by molar-refractivity contribution is -0.139. The van der Waals surface area contributed by atoms with Gasteiger partial charge in [0.05, 0.1) is 6.42 Å². The molecule has 17 heavy (non-hydrogen) atoms. The van der Waals surface area contributed by atoms with Crippen LogP contribution < -0.4 is 10.6 Å². The topological polar surface area (TPSA) is 78.4 Å². The summed E-state index contributed by atoms with van der Waals surface area (Å²) in [6, 6.07) is -1.75. The molecule has 0 rings (SSSR count). The van der Waals surface area contributed by atoms with Crippen molar-refractivity contribution in [3.05, 3.63) is 0 Å². The Labute approximate surface area is 96.4 Å². The number of carbonyl (C=O) groups excluding carboxylic acids is 1. The van der Waals surface area contributed by atoms with Crippen molar-refractivity contribution in [2.45, 2.75) is 38.4 Å². The van der Waals surface area contributed by atoms with E-state index >= 15 is 0 Å². The Bertz CT molecular complexity index is 269. The van der Waals surface area contributed by atoms with E-state index in [2.05, 4.69) is 10.6 Å². The molecule has 1 atom stereocenters. The first-order chi connectivity index (χ1) is 7.70. The van der Waals surface area contributed by atoms with Crippen LogP contribution in [-0.2, 0) is 4.79 Å². The Balaban J connectivity index is 3.68. The van der Waals surface area contributed by atoms with Gasteiger partial charge in [-0.1, -0.05) is 0 Å². The predicted molar refractivity (Wildman–Crippen MR) is 53.5 cm³/mol. The van der Waals surface area contributed by atoms with Crippen LogP contribution in [0.15, 0.2) is 0 Å². The van der Waals surface area contributed by atoms with Gasteiger partial charge in [0.15, 0.2) is 0 Å². The first-order valence-corrected chi connectivity index (χ1v) is 5.03. The number of aliphatic carboxylic acids is 1. The van der Waals surface area contributed by atoms with Crippen molar-refractivity contribution in [2.24, 2.45) is 0 Å². The van der Waals surface area contributed by atoms with Gasteiger partial charge in [-0.2, -0.15) is 13.2 Å². The van der Waals surface area contributed by atoms with Crippen molar-refractivity contribution in [1.82, 2.24) is 10.6 Å². The molecule has 2 amide bonds. The number of amides is 2. The maximum atomic E-state index is 11.9. The molecule has 1 unspecified atom stereocenters. The molecule has 0 bridgehead atoms. The molecule has 0 heterocycles. The zero-order valence-electron chi connectivity index (χ0n) is 9.30. The van der Waals surface area contributed by atoms with E-state index in [0.717, 1.165) is 0 Å². The van der Waals surface area contributed by atoms with Gasteiger partial charge in [0.25, 0.3) is 0 Å². The summed E-state index contributed by atoms with van der Waals surface area (Å²) in [6.45, 7) is 1.35. The second kappa shape index (κ2) is 6.97. The fourth-order valence-electron chi connectivity index (χ4n) is 1.11. The van der Waals surface area contributed by atoms with E-state index in [9.17, 15) is 22.8 Å². The highest BCUT2D eigenvalue weighted by Gasteiger charge is 2.30. The van der Waals surface area contributed by atoms with Crippen LogP contribution >= 0.6 is 0 Å². The Morgan fingerprint density at radius 3 is 2.41 bits per heavy atom.